The summed E-state index contributed by atoms with van der Waals surface area (Å²) in [6.45, 7) is 7.86. The van der Waals surface area contributed by atoms with Crippen molar-refractivity contribution in [2.45, 2.75) is 33.2 Å². The third-order valence-electron chi connectivity index (χ3n) is 3.38. The van der Waals surface area contributed by atoms with Crippen LogP contribution in [0.4, 0.5) is 0 Å². The molecule has 1 fully saturated rings. The lowest BCUT2D eigenvalue weighted by atomic mass is 9.84. The Balaban J connectivity index is 1.97. The SMILES string of the molecule is CC1(C)CCCN(Cc2ccc(C(=O)NN)s2)C1. The Hall–Kier alpha value is -0.910. The van der Waals surface area contributed by atoms with Crippen LogP contribution in [0.3, 0.4) is 0 Å². The zero-order valence-electron chi connectivity index (χ0n) is 11.0. The van der Waals surface area contributed by atoms with E-state index in [4.69, 9.17) is 5.84 Å². The van der Waals surface area contributed by atoms with Crippen LogP contribution < -0.4 is 11.3 Å². The van der Waals surface area contributed by atoms with E-state index in [0.717, 1.165) is 19.6 Å². The molecule has 4 nitrogen and oxygen atoms in total. The normalized spacial score (nSPS) is 19.7. The average Bonchev–Trinajstić information content (AvgIpc) is 2.75. The predicted octanol–water partition coefficient (Wildman–Crippen LogP) is 1.97. The summed E-state index contributed by atoms with van der Waals surface area (Å²) >= 11 is 1.53. The maximum absolute atomic E-state index is 11.4. The van der Waals surface area contributed by atoms with E-state index in [2.05, 4.69) is 24.2 Å². The molecule has 2 heterocycles. The molecule has 0 saturated carbocycles. The highest BCUT2D eigenvalue weighted by atomic mass is 32.1. The third-order valence-corrected chi connectivity index (χ3v) is 4.44. The molecule has 18 heavy (non-hydrogen) atoms. The van der Waals surface area contributed by atoms with E-state index in [1.807, 2.05) is 12.1 Å². The van der Waals surface area contributed by atoms with Crippen LogP contribution in [0.1, 0.15) is 41.2 Å². The first-order valence-corrected chi connectivity index (χ1v) is 7.14. The van der Waals surface area contributed by atoms with Crippen molar-refractivity contribution >= 4 is 17.2 Å². The number of carbonyl (C=O) groups is 1. The van der Waals surface area contributed by atoms with Gasteiger partial charge in [-0.2, -0.15) is 0 Å². The van der Waals surface area contributed by atoms with Gasteiger partial charge in [-0.25, -0.2) is 5.84 Å². The number of nitrogens with zero attached hydrogens (tertiary/aromatic N) is 1. The Bertz CT molecular complexity index is 428. The molecule has 1 aromatic rings. The van der Waals surface area contributed by atoms with E-state index in [0.29, 0.717) is 10.3 Å². The minimum absolute atomic E-state index is 0.203. The fourth-order valence-corrected chi connectivity index (χ4v) is 3.51. The molecule has 0 spiro atoms. The third kappa shape index (κ3) is 3.31. The minimum atomic E-state index is -0.203. The Morgan fingerprint density at radius 2 is 2.33 bits per heavy atom. The second-order valence-corrected chi connectivity index (χ2v) is 6.89. The fraction of sp³-hybridized carbons (Fsp3) is 0.615. The monoisotopic (exact) mass is 267 g/mol. The number of hydrogen-bond acceptors (Lipinski definition) is 4. The van der Waals surface area contributed by atoms with Gasteiger partial charge in [-0.1, -0.05) is 13.8 Å². The Morgan fingerprint density at radius 3 is 3.00 bits per heavy atom. The Labute approximate surface area is 112 Å². The number of hydrogen-bond donors (Lipinski definition) is 2. The van der Waals surface area contributed by atoms with Crippen molar-refractivity contribution in [1.29, 1.82) is 0 Å². The van der Waals surface area contributed by atoms with Gasteiger partial charge < -0.3 is 0 Å². The molecular formula is C13H21N3OS. The number of thiophene rings is 1. The van der Waals surface area contributed by atoms with Crippen LogP contribution in [-0.4, -0.2) is 23.9 Å². The lowest BCUT2D eigenvalue weighted by Crippen LogP contribution is -2.39. The maximum Gasteiger partial charge on any atom is 0.275 e. The lowest BCUT2D eigenvalue weighted by Gasteiger charge is -2.37. The topological polar surface area (TPSA) is 58.4 Å². The number of likely N-dealkylation sites (tertiary alicyclic amines) is 1. The second-order valence-electron chi connectivity index (χ2n) is 5.72. The molecule has 0 unspecified atom stereocenters. The molecule has 2 rings (SSSR count). The standard InChI is InChI=1S/C13H21N3OS/c1-13(2)6-3-7-16(9-13)8-10-4-5-11(18-10)12(17)15-14/h4-5H,3,6-9,14H2,1-2H3,(H,15,17). The summed E-state index contributed by atoms with van der Waals surface area (Å²) in [7, 11) is 0. The quantitative estimate of drug-likeness (QED) is 0.500. The van der Waals surface area contributed by atoms with Crippen molar-refractivity contribution in [3.63, 3.8) is 0 Å². The fourth-order valence-electron chi connectivity index (χ4n) is 2.56. The molecule has 0 aliphatic carbocycles. The van der Waals surface area contributed by atoms with Crippen LogP contribution in [0.25, 0.3) is 0 Å². The van der Waals surface area contributed by atoms with Crippen molar-refractivity contribution in [2.75, 3.05) is 13.1 Å². The first-order valence-electron chi connectivity index (χ1n) is 6.32. The van der Waals surface area contributed by atoms with Crippen LogP contribution in [0.2, 0.25) is 0 Å². The molecule has 3 N–H and O–H groups in total. The lowest BCUT2D eigenvalue weighted by molar-refractivity contribution is 0.0957. The molecule has 1 aliphatic rings. The van der Waals surface area contributed by atoms with Crippen molar-refractivity contribution in [3.05, 3.63) is 21.9 Å². The molecule has 1 amide bonds. The van der Waals surface area contributed by atoms with Gasteiger partial charge in [-0.15, -0.1) is 11.3 Å². The van der Waals surface area contributed by atoms with Gasteiger partial charge in [-0.05, 0) is 36.9 Å². The number of nitrogen functional groups attached to an aromatic ring is 1. The largest absolute Gasteiger partial charge is 0.298 e. The highest BCUT2D eigenvalue weighted by molar-refractivity contribution is 7.14. The summed E-state index contributed by atoms with van der Waals surface area (Å²) in [5.41, 5.74) is 2.58. The minimum Gasteiger partial charge on any atom is -0.298 e. The van der Waals surface area contributed by atoms with E-state index < -0.39 is 0 Å². The van der Waals surface area contributed by atoms with Crippen molar-refractivity contribution in [1.82, 2.24) is 10.3 Å². The number of hydrazine groups is 1. The summed E-state index contributed by atoms with van der Waals surface area (Å²) in [6, 6.07) is 3.87. The van der Waals surface area contributed by atoms with Gasteiger partial charge in [-0.3, -0.25) is 15.1 Å². The van der Waals surface area contributed by atoms with E-state index in [1.54, 1.807) is 0 Å². The molecule has 0 atom stereocenters. The van der Waals surface area contributed by atoms with Gasteiger partial charge in [0.1, 0.15) is 0 Å². The average molecular weight is 267 g/mol. The number of amides is 1. The smallest absolute Gasteiger partial charge is 0.275 e. The molecule has 0 aromatic carbocycles. The summed E-state index contributed by atoms with van der Waals surface area (Å²) < 4.78 is 0. The molecule has 1 aromatic heterocycles. The summed E-state index contributed by atoms with van der Waals surface area (Å²) in [5.74, 6) is 4.93. The molecule has 1 aliphatic heterocycles. The molecule has 0 radical (unpaired) electrons. The first-order chi connectivity index (χ1) is 8.50. The van der Waals surface area contributed by atoms with Gasteiger partial charge >= 0.3 is 0 Å². The van der Waals surface area contributed by atoms with Crippen LogP contribution >= 0.6 is 11.3 Å². The van der Waals surface area contributed by atoms with Gasteiger partial charge in [0.2, 0.25) is 0 Å². The van der Waals surface area contributed by atoms with Crippen LogP contribution in [-0.2, 0) is 6.54 Å². The highest BCUT2D eigenvalue weighted by Gasteiger charge is 2.26. The second kappa shape index (κ2) is 5.38. The van der Waals surface area contributed by atoms with E-state index in [-0.39, 0.29) is 5.91 Å². The van der Waals surface area contributed by atoms with Crippen LogP contribution in [0, 0.1) is 5.41 Å². The Kier molecular flexibility index (Phi) is 4.04. The van der Waals surface area contributed by atoms with Crippen molar-refractivity contribution in [3.8, 4) is 0 Å². The zero-order chi connectivity index (χ0) is 13.2. The number of carbonyl (C=O) groups excluding carboxylic acids is 1. The van der Waals surface area contributed by atoms with Gasteiger partial charge in [0, 0.05) is 18.0 Å². The predicted molar refractivity (Wildman–Crippen MR) is 74.3 cm³/mol. The first kappa shape index (κ1) is 13.5. The maximum atomic E-state index is 11.4. The van der Waals surface area contributed by atoms with Crippen molar-refractivity contribution < 1.29 is 4.79 Å². The molecular weight excluding hydrogens is 246 g/mol. The van der Waals surface area contributed by atoms with Crippen LogP contribution in [0.15, 0.2) is 12.1 Å². The summed E-state index contributed by atoms with van der Waals surface area (Å²) in [5, 5.41) is 0. The van der Waals surface area contributed by atoms with Gasteiger partial charge in [0.05, 0.1) is 4.88 Å². The molecule has 0 bridgehead atoms. The molecule has 5 heteroatoms. The number of nitrogens with two attached hydrogens (primary N) is 1. The number of rotatable bonds is 3. The van der Waals surface area contributed by atoms with E-state index in [9.17, 15) is 4.79 Å². The number of nitrogens with one attached hydrogen (secondary N) is 1. The summed E-state index contributed by atoms with van der Waals surface area (Å²) in [6.07, 6.45) is 2.56. The van der Waals surface area contributed by atoms with Crippen LogP contribution in [0.5, 0.6) is 0 Å². The number of piperidine rings is 1. The highest BCUT2D eigenvalue weighted by Crippen LogP contribution is 2.30. The summed E-state index contributed by atoms with van der Waals surface area (Å²) in [4.78, 5) is 15.8. The Morgan fingerprint density at radius 1 is 1.56 bits per heavy atom. The van der Waals surface area contributed by atoms with Gasteiger partial charge in [0.15, 0.2) is 0 Å². The van der Waals surface area contributed by atoms with Gasteiger partial charge in [0.25, 0.3) is 5.91 Å². The van der Waals surface area contributed by atoms with Crippen molar-refractivity contribution in [2.24, 2.45) is 11.3 Å². The molecule has 100 valence electrons. The molecule has 1 saturated heterocycles. The van der Waals surface area contributed by atoms with E-state index in [1.165, 1.54) is 29.1 Å². The zero-order valence-corrected chi connectivity index (χ0v) is 11.8. The van der Waals surface area contributed by atoms with E-state index >= 15 is 0 Å².